The van der Waals surface area contributed by atoms with Crippen LogP contribution in [0.2, 0.25) is 0 Å². The Balaban J connectivity index is 1.19. The minimum Gasteiger partial charge on any atom is -0.452 e. The fourth-order valence-corrected chi connectivity index (χ4v) is 4.91. The highest BCUT2D eigenvalue weighted by molar-refractivity contribution is 7.21. The van der Waals surface area contributed by atoms with E-state index in [-0.39, 0.29) is 17.1 Å². The predicted octanol–water partition coefficient (Wildman–Crippen LogP) is 7.22. The van der Waals surface area contributed by atoms with Crippen LogP contribution in [0.15, 0.2) is 85.1 Å². The summed E-state index contributed by atoms with van der Waals surface area (Å²) >= 11 is 1.58. The zero-order chi connectivity index (χ0) is 28.3. The van der Waals surface area contributed by atoms with Crippen molar-refractivity contribution in [1.82, 2.24) is 9.97 Å². The standard InChI is InChI=1S/C29H21F3N4O3S/c1-17-7-12-23-24(14-17)40-27(36-23)18-8-10-20(11-9-18)34-25(37)16-39-28(38)22-6-3-13-33-26(22)35-21-5-2-4-19(15-21)29(30,31)32/h2-15H,16H2,1H3,(H,33,35)(H,34,37). The molecular weight excluding hydrogens is 541 g/mol. The van der Waals surface area contributed by atoms with Crippen molar-refractivity contribution in [3.8, 4) is 10.6 Å². The summed E-state index contributed by atoms with van der Waals surface area (Å²) in [6, 6.07) is 20.6. The van der Waals surface area contributed by atoms with Gasteiger partial charge in [-0.3, -0.25) is 4.79 Å². The number of pyridine rings is 1. The van der Waals surface area contributed by atoms with Crippen LogP contribution < -0.4 is 10.6 Å². The number of nitrogens with zero attached hydrogens (tertiary/aromatic N) is 2. The molecule has 0 aliphatic rings. The van der Waals surface area contributed by atoms with Crippen LogP contribution in [-0.4, -0.2) is 28.5 Å². The number of benzene rings is 3. The van der Waals surface area contributed by atoms with Crippen LogP contribution in [0.3, 0.4) is 0 Å². The highest BCUT2D eigenvalue weighted by Crippen LogP contribution is 2.32. The van der Waals surface area contributed by atoms with E-state index < -0.39 is 30.2 Å². The van der Waals surface area contributed by atoms with E-state index in [2.05, 4.69) is 26.7 Å². The molecule has 3 aromatic carbocycles. The second-order valence-corrected chi connectivity index (χ2v) is 9.83. The molecule has 2 heterocycles. The summed E-state index contributed by atoms with van der Waals surface area (Å²) in [6.07, 6.45) is -3.15. The van der Waals surface area contributed by atoms with Crippen LogP contribution >= 0.6 is 11.3 Å². The van der Waals surface area contributed by atoms with E-state index in [1.54, 1.807) is 23.5 Å². The summed E-state index contributed by atoms with van der Waals surface area (Å²) in [6.45, 7) is 1.45. The van der Waals surface area contributed by atoms with Crippen molar-refractivity contribution in [2.75, 3.05) is 17.2 Å². The van der Waals surface area contributed by atoms with Crippen LogP contribution in [0.25, 0.3) is 20.8 Å². The Hall–Kier alpha value is -4.77. The average molecular weight is 563 g/mol. The van der Waals surface area contributed by atoms with Crippen LogP contribution in [0.5, 0.6) is 0 Å². The number of ether oxygens (including phenoxy) is 1. The molecule has 0 fully saturated rings. The number of hydrogen-bond acceptors (Lipinski definition) is 7. The molecule has 0 saturated carbocycles. The molecule has 0 unspecified atom stereocenters. The minimum atomic E-state index is -4.52. The quantitative estimate of drug-likeness (QED) is 0.203. The number of amides is 1. The van der Waals surface area contributed by atoms with E-state index in [0.717, 1.165) is 38.5 Å². The van der Waals surface area contributed by atoms with E-state index in [9.17, 15) is 22.8 Å². The lowest BCUT2D eigenvalue weighted by molar-refractivity contribution is -0.137. The molecule has 0 saturated heterocycles. The van der Waals surface area contributed by atoms with E-state index in [0.29, 0.717) is 5.69 Å². The van der Waals surface area contributed by atoms with Gasteiger partial charge in [-0.1, -0.05) is 12.1 Å². The van der Waals surface area contributed by atoms with Crippen molar-refractivity contribution in [1.29, 1.82) is 0 Å². The Bertz CT molecular complexity index is 1700. The third kappa shape index (κ3) is 6.26. The molecule has 40 heavy (non-hydrogen) atoms. The Morgan fingerprint density at radius 2 is 1.75 bits per heavy atom. The van der Waals surface area contributed by atoms with Gasteiger partial charge in [-0.2, -0.15) is 13.2 Å². The van der Waals surface area contributed by atoms with Gasteiger partial charge in [0.15, 0.2) is 6.61 Å². The van der Waals surface area contributed by atoms with Crippen molar-refractivity contribution >= 4 is 50.6 Å². The number of carbonyl (C=O) groups is 2. The third-order valence-corrected chi connectivity index (χ3v) is 6.84. The van der Waals surface area contributed by atoms with E-state index in [1.807, 2.05) is 31.2 Å². The van der Waals surface area contributed by atoms with Crippen molar-refractivity contribution in [3.63, 3.8) is 0 Å². The maximum Gasteiger partial charge on any atom is 0.416 e. The number of hydrogen-bond donors (Lipinski definition) is 2. The first kappa shape index (κ1) is 26.8. The molecule has 5 rings (SSSR count). The Kier molecular flexibility index (Phi) is 7.47. The molecule has 0 radical (unpaired) electrons. The lowest BCUT2D eigenvalue weighted by atomic mass is 10.2. The van der Waals surface area contributed by atoms with Gasteiger partial charge in [-0.25, -0.2) is 14.8 Å². The van der Waals surface area contributed by atoms with E-state index in [4.69, 9.17) is 4.74 Å². The number of carbonyl (C=O) groups excluding carboxylic acids is 2. The van der Waals surface area contributed by atoms with Gasteiger partial charge in [0.05, 0.1) is 15.8 Å². The number of fused-ring (bicyclic) bond motifs is 1. The number of thiazole rings is 1. The van der Waals surface area contributed by atoms with Crippen molar-refractivity contribution < 1.29 is 27.5 Å². The zero-order valence-electron chi connectivity index (χ0n) is 21.0. The summed E-state index contributed by atoms with van der Waals surface area (Å²) in [5, 5.41) is 6.23. The number of aryl methyl sites for hydroxylation is 1. The number of halogens is 3. The predicted molar refractivity (Wildman–Crippen MR) is 148 cm³/mol. The first-order chi connectivity index (χ1) is 19.2. The second kappa shape index (κ2) is 11.1. The summed E-state index contributed by atoms with van der Waals surface area (Å²) in [5.74, 6) is -1.43. The molecule has 2 aromatic heterocycles. The summed E-state index contributed by atoms with van der Waals surface area (Å²) < 4.78 is 45.3. The van der Waals surface area contributed by atoms with E-state index >= 15 is 0 Å². The highest BCUT2D eigenvalue weighted by Gasteiger charge is 2.30. The molecule has 202 valence electrons. The maximum absolute atomic E-state index is 13.0. The fraction of sp³-hybridized carbons (Fsp3) is 0.103. The largest absolute Gasteiger partial charge is 0.452 e. The first-order valence-electron chi connectivity index (χ1n) is 12.0. The Morgan fingerprint density at radius 3 is 2.52 bits per heavy atom. The van der Waals surface area contributed by atoms with Crippen molar-refractivity contribution in [2.24, 2.45) is 0 Å². The SMILES string of the molecule is Cc1ccc2nc(-c3ccc(NC(=O)COC(=O)c4cccnc4Nc4cccc(C(F)(F)F)c4)cc3)sc2c1. The van der Waals surface area contributed by atoms with Gasteiger partial charge in [-0.05, 0) is 79.2 Å². The molecule has 0 aliphatic carbocycles. The van der Waals surface area contributed by atoms with Crippen molar-refractivity contribution in [2.45, 2.75) is 13.1 Å². The number of esters is 1. The topological polar surface area (TPSA) is 93.2 Å². The summed E-state index contributed by atoms with van der Waals surface area (Å²) in [7, 11) is 0. The Morgan fingerprint density at radius 1 is 0.950 bits per heavy atom. The van der Waals surface area contributed by atoms with Crippen LogP contribution in [0.4, 0.5) is 30.4 Å². The van der Waals surface area contributed by atoms with Gasteiger partial charge in [-0.15, -0.1) is 11.3 Å². The van der Waals surface area contributed by atoms with E-state index in [1.165, 1.54) is 30.5 Å². The molecular formula is C29H21F3N4O3S. The molecule has 0 bridgehead atoms. The monoisotopic (exact) mass is 562 g/mol. The van der Waals surface area contributed by atoms with Gasteiger partial charge in [0.25, 0.3) is 5.91 Å². The number of nitrogens with one attached hydrogen (secondary N) is 2. The van der Waals surface area contributed by atoms with Crippen LogP contribution in [0.1, 0.15) is 21.5 Å². The van der Waals surface area contributed by atoms with Gasteiger partial charge in [0.2, 0.25) is 0 Å². The van der Waals surface area contributed by atoms with Gasteiger partial charge in [0.1, 0.15) is 16.4 Å². The zero-order valence-corrected chi connectivity index (χ0v) is 21.8. The number of anilines is 3. The fourth-order valence-electron chi connectivity index (χ4n) is 3.84. The minimum absolute atomic E-state index is 0.00664. The first-order valence-corrected chi connectivity index (χ1v) is 12.8. The molecule has 2 N–H and O–H groups in total. The van der Waals surface area contributed by atoms with Crippen LogP contribution in [-0.2, 0) is 15.7 Å². The lowest BCUT2D eigenvalue weighted by Crippen LogP contribution is -2.21. The van der Waals surface area contributed by atoms with Gasteiger partial charge in [0, 0.05) is 23.1 Å². The summed E-state index contributed by atoms with van der Waals surface area (Å²) in [5.41, 5.74) is 2.70. The molecule has 0 atom stereocenters. The molecule has 11 heteroatoms. The molecule has 0 aliphatic heterocycles. The molecule has 1 amide bonds. The lowest BCUT2D eigenvalue weighted by Gasteiger charge is -2.13. The van der Waals surface area contributed by atoms with Gasteiger partial charge < -0.3 is 15.4 Å². The summed E-state index contributed by atoms with van der Waals surface area (Å²) in [4.78, 5) is 33.8. The van der Waals surface area contributed by atoms with Gasteiger partial charge >= 0.3 is 12.1 Å². The molecule has 0 spiro atoms. The smallest absolute Gasteiger partial charge is 0.416 e. The second-order valence-electron chi connectivity index (χ2n) is 8.79. The third-order valence-electron chi connectivity index (χ3n) is 5.77. The normalized spacial score (nSPS) is 11.3. The highest BCUT2D eigenvalue weighted by atomic mass is 32.1. The van der Waals surface area contributed by atoms with Crippen LogP contribution in [0, 0.1) is 6.92 Å². The maximum atomic E-state index is 13.0. The molecule has 7 nitrogen and oxygen atoms in total. The number of aromatic nitrogens is 2. The number of alkyl halides is 3. The Labute approximate surface area is 230 Å². The number of rotatable bonds is 7. The average Bonchev–Trinajstić information content (AvgIpc) is 3.35. The van der Waals surface area contributed by atoms with Crippen molar-refractivity contribution in [3.05, 3.63) is 102 Å². The molecule has 5 aromatic rings.